The van der Waals surface area contributed by atoms with Gasteiger partial charge in [0, 0.05) is 20.1 Å². The molecule has 0 fully saturated rings. The first kappa shape index (κ1) is 19.8. The molecule has 126 valence electrons. The minimum Gasteiger partial charge on any atom is -0.491 e. The third-order valence-corrected chi connectivity index (χ3v) is 3.75. The molecule has 0 saturated heterocycles. The van der Waals surface area contributed by atoms with Crippen LogP contribution in [0.5, 0.6) is 5.75 Å². The fourth-order valence-corrected chi connectivity index (χ4v) is 2.61. The van der Waals surface area contributed by atoms with E-state index in [0.29, 0.717) is 0 Å². The van der Waals surface area contributed by atoms with Gasteiger partial charge in [0.1, 0.15) is 5.75 Å². The van der Waals surface area contributed by atoms with Gasteiger partial charge in [0.25, 0.3) is 0 Å². The minimum atomic E-state index is 0. The Kier molecular flexibility index (Phi) is 9.01. The van der Waals surface area contributed by atoms with Crippen LogP contribution in [-0.4, -0.2) is 19.1 Å². The van der Waals surface area contributed by atoms with E-state index in [1.807, 2.05) is 26.0 Å². The summed E-state index contributed by atoms with van der Waals surface area (Å²) in [5.74, 6) is 1.70. The summed E-state index contributed by atoms with van der Waals surface area (Å²) in [5.41, 5.74) is 2.46. The Morgan fingerprint density at radius 1 is 1.09 bits per heavy atom. The quantitative estimate of drug-likeness (QED) is 0.401. The Bertz CT molecular complexity index is 582. The molecule has 2 aromatic rings. The van der Waals surface area contributed by atoms with Crippen molar-refractivity contribution in [3.05, 3.63) is 52.2 Å². The molecular formula is C17H24IN3OS. The Morgan fingerprint density at radius 3 is 2.26 bits per heavy atom. The second-order valence-electron chi connectivity index (χ2n) is 5.22. The van der Waals surface area contributed by atoms with Gasteiger partial charge in [-0.25, -0.2) is 0 Å². The standard InChI is InChI=1S/C17H23N3OS.HI/c1-13(2)21-16-6-4-14(5-7-16)10-19-17(18-3)20-11-15-8-9-22-12-15;/h4-9,12-13H,10-11H2,1-3H3,(H2,18,19,20);1H. The first-order chi connectivity index (χ1) is 10.7. The Hall–Kier alpha value is -1.28. The third-order valence-electron chi connectivity index (χ3n) is 3.02. The second-order valence-corrected chi connectivity index (χ2v) is 6.00. The van der Waals surface area contributed by atoms with E-state index in [4.69, 9.17) is 4.74 Å². The van der Waals surface area contributed by atoms with Crippen molar-refractivity contribution in [1.29, 1.82) is 0 Å². The molecule has 0 spiro atoms. The van der Waals surface area contributed by atoms with Gasteiger partial charge in [0.2, 0.25) is 0 Å². The van der Waals surface area contributed by atoms with E-state index in [2.05, 4.69) is 44.6 Å². The van der Waals surface area contributed by atoms with Crippen molar-refractivity contribution >= 4 is 41.3 Å². The molecule has 0 radical (unpaired) electrons. The van der Waals surface area contributed by atoms with E-state index in [9.17, 15) is 0 Å². The van der Waals surface area contributed by atoms with Crippen molar-refractivity contribution < 1.29 is 4.74 Å². The number of guanidine groups is 1. The van der Waals surface area contributed by atoms with Crippen LogP contribution in [-0.2, 0) is 13.1 Å². The molecule has 0 atom stereocenters. The molecule has 0 amide bonds. The van der Waals surface area contributed by atoms with Gasteiger partial charge in [-0.15, -0.1) is 24.0 Å². The van der Waals surface area contributed by atoms with Crippen molar-refractivity contribution in [2.24, 2.45) is 4.99 Å². The normalized spacial score (nSPS) is 11.0. The lowest BCUT2D eigenvalue weighted by Gasteiger charge is -2.13. The van der Waals surface area contributed by atoms with Crippen LogP contribution in [0.25, 0.3) is 0 Å². The van der Waals surface area contributed by atoms with Gasteiger partial charge in [0.05, 0.1) is 6.10 Å². The fourth-order valence-electron chi connectivity index (χ4n) is 1.94. The van der Waals surface area contributed by atoms with Crippen LogP contribution in [0.3, 0.4) is 0 Å². The summed E-state index contributed by atoms with van der Waals surface area (Å²) >= 11 is 1.70. The Balaban J connectivity index is 0.00000264. The Morgan fingerprint density at radius 2 is 1.74 bits per heavy atom. The van der Waals surface area contributed by atoms with Crippen LogP contribution in [0.2, 0.25) is 0 Å². The molecule has 23 heavy (non-hydrogen) atoms. The summed E-state index contributed by atoms with van der Waals surface area (Å²) in [4.78, 5) is 4.23. The first-order valence-corrected chi connectivity index (χ1v) is 8.33. The number of rotatable bonds is 6. The predicted molar refractivity (Wildman–Crippen MR) is 109 cm³/mol. The highest BCUT2D eigenvalue weighted by Gasteiger charge is 2.01. The van der Waals surface area contributed by atoms with E-state index in [1.165, 1.54) is 11.1 Å². The molecule has 0 unspecified atom stereocenters. The van der Waals surface area contributed by atoms with Crippen molar-refractivity contribution in [2.75, 3.05) is 7.05 Å². The van der Waals surface area contributed by atoms with Crippen molar-refractivity contribution in [3.63, 3.8) is 0 Å². The van der Waals surface area contributed by atoms with Crippen LogP contribution in [0, 0.1) is 0 Å². The zero-order chi connectivity index (χ0) is 15.8. The number of aliphatic imine (C=N–C) groups is 1. The average Bonchev–Trinajstić information content (AvgIpc) is 3.02. The lowest BCUT2D eigenvalue weighted by atomic mass is 10.2. The second kappa shape index (κ2) is 10.5. The zero-order valence-electron chi connectivity index (χ0n) is 13.7. The van der Waals surface area contributed by atoms with Crippen LogP contribution in [0.15, 0.2) is 46.1 Å². The molecule has 0 aliphatic carbocycles. The predicted octanol–water partition coefficient (Wildman–Crippen LogP) is 4.02. The number of ether oxygens (including phenoxy) is 1. The summed E-state index contributed by atoms with van der Waals surface area (Å²) in [6.45, 7) is 5.56. The number of benzene rings is 1. The SMILES string of the molecule is CN=C(NCc1ccc(OC(C)C)cc1)NCc1ccsc1.I. The lowest BCUT2D eigenvalue weighted by Crippen LogP contribution is -2.36. The highest BCUT2D eigenvalue weighted by atomic mass is 127. The molecule has 4 nitrogen and oxygen atoms in total. The van der Waals surface area contributed by atoms with Gasteiger partial charge in [0.15, 0.2) is 5.96 Å². The summed E-state index contributed by atoms with van der Waals surface area (Å²) in [7, 11) is 1.78. The number of hydrogen-bond acceptors (Lipinski definition) is 3. The van der Waals surface area contributed by atoms with Crippen molar-refractivity contribution in [1.82, 2.24) is 10.6 Å². The van der Waals surface area contributed by atoms with Gasteiger partial charge >= 0.3 is 0 Å². The molecule has 0 saturated carbocycles. The van der Waals surface area contributed by atoms with Gasteiger partial charge in [-0.1, -0.05) is 12.1 Å². The molecule has 2 rings (SSSR count). The van der Waals surface area contributed by atoms with Gasteiger partial charge < -0.3 is 15.4 Å². The van der Waals surface area contributed by atoms with Gasteiger partial charge in [-0.2, -0.15) is 11.3 Å². The lowest BCUT2D eigenvalue weighted by molar-refractivity contribution is 0.242. The molecule has 1 aromatic heterocycles. The van der Waals surface area contributed by atoms with Gasteiger partial charge in [-0.05, 0) is 53.9 Å². The van der Waals surface area contributed by atoms with E-state index in [0.717, 1.165) is 24.8 Å². The summed E-state index contributed by atoms with van der Waals surface area (Å²) in [6, 6.07) is 10.2. The van der Waals surface area contributed by atoms with Crippen molar-refractivity contribution in [2.45, 2.75) is 33.0 Å². The monoisotopic (exact) mass is 445 g/mol. The van der Waals surface area contributed by atoms with Crippen LogP contribution in [0.4, 0.5) is 0 Å². The van der Waals surface area contributed by atoms with E-state index in [1.54, 1.807) is 18.4 Å². The summed E-state index contributed by atoms with van der Waals surface area (Å²) < 4.78 is 5.64. The highest BCUT2D eigenvalue weighted by molar-refractivity contribution is 14.0. The maximum absolute atomic E-state index is 5.64. The first-order valence-electron chi connectivity index (χ1n) is 7.38. The average molecular weight is 445 g/mol. The van der Waals surface area contributed by atoms with Crippen LogP contribution in [0.1, 0.15) is 25.0 Å². The molecule has 6 heteroatoms. The van der Waals surface area contributed by atoms with E-state index in [-0.39, 0.29) is 30.1 Å². The molecule has 0 aliphatic heterocycles. The fraction of sp³-hybridized carbons (Fsp3) is 0.353. The molecular weight excluding hydrogens is 421 g/mol. The third kappa shape index (κ3) is 7.22. The molecule has 0 bridgehead atoms. The number of nitrogens with zero attached hydrogens (tertiary/aromatic N) is 1. The zero-order valence-corrected chi connectivity index (χ0v) is 16.9. The molecule has 1 aromatic carbocycles. The molecule has 0 aliphatic rings. The summed E-state index contributed by atoms with van der Waals surface area (Å²) in [6.07, 6.45) is 0.198. The largest absolute Gasteiger partial charge is 0.491 e. The molecule has 2 N–H and O–H groups in total. The molecule has 1 heterocycles. The highest BCUT2D eigenvalue weighted by Crippen LogP contribution is 2.13. The van der Waals surface area contributed by atoms with E-state index >= 15 is 0 Å². The number of halogens is 1. The maximum atomic E-state index is 5.64. The number of nitrogens with one attached hydrogen (secondary N) is 2. The summed E-state index contributed by atoms with van der Waals surface area (Å²) in [5, 5.41) is 10.8. The van der Waals surface area contributed by atoms with Gasteiger partial charge in [-0.3, -0.25) is 4.99 Å². The van der Waals surface area contributed by atoms with Crippen molar-refractivity contribution in [3.8, 4) is 5.75 Å². The number of thiophene rings is 1. The smallest absolute Gasteiger partial charge is 0.191 e. The Labute approximate surface area is 159 Å². The van der Waals surface area contributed by atoms with E-state index < -0.39 is 0 Å². The minimum absolute atomic E-state index is 0. The maximum Gasteiger partial charge on any atom is 0.191 e. The van der Waals surface area contributed by atoms with Crippen LogP contribution >= 0.6 is 35.3 Å². The van der Waals surface area contributed by atoms with Crippen LogP contribution < -0.4 is 15.4 Å². The topological polar surface area (TPSA) is 45.7 Å². The number of hydrogen-bond donors (Lipinski definition) is 2.